The Morgan fingerprint density at radius 1 is 1.20 bits per heavy atom. The van der Waals surface area contributed by atoms with Crippen LogP contribution in [0.15, 0.2) is 24.3 Å². The van der Waals surface area contributed by atoms with Gasteiger partial charge < -0.3 is 20.9 Å². The van der Waals surface area contributed by atoms with Crippen molar-refractivity contribution in [2.45, 2.75) is 24.9 Å². The molecule has 132 valence electrons. The monoisotopic (exact) mass is 342 g/mol. The van der Waals surface area contributed by atoms with E-state index in [4.69, 9.17) is 5.73 Å². The Bertz CT molecular complexity index is 771. The zero-order valence-electron chi connectivity index (χ0n) is 14.0. The molecule has 1 saturated heterocycles. The molecule has 3 amide bonds. The SMILES string of the molecule is NC(=O)NC1(C(=O)N2CCN(Cc3nc4ccccc4[nH]3)CC2)CC1. The topological polar surface area (TPSA) is 107 Å². The first kappa shape index (κ1) is 15.9. The zero-order chi connectivity index (χ0) is 17.4. The molecule has 1 saturated carbocycles. The maximum atomic E-state index is 12.6. The standard InChI is InChI=1S/C17H22N6O2/c18-16(25)21-17(5-6-17)15(24)23-9-7-22(8-10-23)11-14-19-12-3-1-2-4-13(12)20-14/h1-4H,5-11H2,(H,19,20)(H3,18,21,25). The van der Waals surface area contributed by atoms with E-state index in [0.717, 1.165) is 36.5 Å². The number of primary amides is 1. The normalized spacial score (nSPS) is 19.8. The molecule has 0 atom stereocenters. The molecular weight excluding hydrogens is 320 g/mol. The first-order chi connectivity index (χ1) is 12.1. The van der Waals surface area contributed by atoms with E-state index in [-0.39, 0.29) is 5.91 Å². The van der Waals surface area contributed by atoms with E-state index < -0.39 is 11.6 Å². The molecule has 0 unspecified atom stereocenters. The first-order valence-electron chi connectivity index (χ1n) is 8.59. The summed E-state index contributed by atoms with van der Waals surface area (Å²) in [5.41, 5.74) is 6.46. The fraction of sp³-hybridized carbons (Fsp3) is 0.471. The molecule has 1 aromatic heterocycles. The van der Waals surface area contributed by atoms with Crippen molar-refractivity contribution >= 4 is 23.0 Å². The van der Waals surface area contributed by atoms with Gasteiger partial charge in [0.15, 0.2) is 0 Å². The molecule has 25 heavy (non-hydrogen) atoms. The lowest BCUT2D eigenvalue weighted by Crippen LogP contribution is -2.56. The van der Waals surface area contributed by atoms with Crippen LogP contribution in [-0.4, -0.2) is 63.4 Å². The molecule has 4 rings (SSSR count). The van der Waals surface area contributed by atoms with Crippen molar-refractivity contribution in [2.24, 2.45) is 5.73 Å². The summed E-state index contributed by atoms with van der Waals surface area (Å²) in [6.07, 6.45) is 1.35. The molecule has 2 fully saturated rings. The molecule has 2 aliphatic rings. The van der Waals surface area contributed by atoms with Crippen LogP contribution in [0.5, 0.6) is 0 Å². The quantitative estimate of drug-likeness (QED) is 0.748. The van der Waals surface area contributed by atoms with Gasteiger partial charge in [0.2, 0.25) is 5.91 Å². The third kappa shape index (κ3) is 3.17. The molecular formula is C17H22N6O2. The zero-order valence-corrected chi connectivity index (χ0v) is 14.0. The Morgan fingerprint density at radius 2 is 1.92 bits per heavy atom. The van der Waals surface area contributed by atoms with Gasteiger partial charge in [-0.1, -0.05) is 12.1 Å². The Balaban J connectivity index is 1.34. The van der Waals surface area contributed by atoms with Gasteiger partial charge in [-0.05, 0) is 25.0 Å². The molecule has 4 N–H and O–H groups in total. The van der Waals surface area contributed by atoms with Crippen molar-refractivity contribution in [1.29, 1.82) is 0 Å². The Morgan fingerprint density at radius 3 is 2.56 bits per heavy atom. The minimum absolute atomic E-state index is 0.00492. The van der Waals surface area contributed by atoms with Crippen LogP contribution in [0, 0.1) is 0 Å². The number of piperazine rings is 1. The molecule has 0 spiro atoms. The number of H-pyrrole nitrogens is 1. The summed E-state index contributed by atoms with van der Waals surface area (Å²) >= 11 is 0. The summed E-state index contributed by atoms with van der Waals surface area (Å²) in [6, 6.07) is 7.35. The van der Waals surface area contributed by atoms with E-state index in [1.54, 1.807) is 0 Å². The van der Waals surface area contributed by atoms with E-state index in [0.29, 0.717) is 25.9 Å². The number of hydrogen-bond donors (Lipinski definition) is 3. The summed E-state index contributed by atoms with van der Waals surface area (Å²) in [7, 11) is 0. The summed E-state index contributed by atoms with van der Waals surface area (Å²) in [5.74, 6) is 0.935. The average molecular weight is 342 g/mol. The third-order valence-electron chi connectivity index (χ3n) is 4.99. The molecule has 2 heterocycles. The highest BCUT2D eigenvalue weighted by Gasteiger charge is 2.53. The summed E-state index contributed by atoms with van der Waals surface area (Å²) < 4.78 is 0. The van der Waals surface area contributed by atoms with Crippen LogP contribution in [0.1, 0.15) is 18.7 Å². The number of aromatic amines is 1. The second kappa shape index (κ2) is 6.03. The molecule has 0 radical (unpaired) electrons. The smallest absolute Gasteiger partial charge is 0.313 e. The minimum Gasteiger partial charge on any atom is -0.352 e. The molecule has 0 bridgehead atoms. The predicted molar refractivity (Wildman–Crippen MR) is 92.6 cm³/mol. The first-order valence-corrected chi connectivity index (χ1v) is 8.59. The van der Waals surface area contributed by atoms with E-state index in [2.05, 4.69) is 20.2 Å². The number of para-hydroxylation sites is 2. The lowest BCUT2D eigenvalue weighted by atomic mass is 10.2. The number of amides is 3. The van der Waals surface area contributed by atoms with Crippen LogP contribution < -0.4 is 11.1 Å². The lowest BCUT2D eigenvalue weighted by Gasteiger charge is -2.36. The van der Waals surface area contributed by atoms with Crippen LogP contribution in [0.2, 0.25) is 0 Å². The number of imidazole rings is 1. The molecule has 8 nitrogen and oxygen atoms in total. The number of urea groups is 1. The fourth-order valence-electron chi connectivity index (χ4n) is 3.46. The predicted octanol–water partition coefficient (Wildman–Crippen LogP) is 0.408. The highest BCUT2D eigenvalue weighted by molar-refractivity contribution is 5.93. The number of fused-ring (bicyclic) bond motifs is 1. The maximum Gasteiger partial charge on any atom is 0.313 e. The highest BCUT2D eigenvalue weighted by Crippen LogP contribution is 2.37. The van der Waals surface area contributed by atoms with Crippen molar-refractivity contribution in [2.75, 3.05) is 26.2 Å². The van der Waals surface area contributed by atoms with Crippen LogP contribution in [0.25, 0.3) is 11.0 Å². The molecule has 8 heteroatoms. The average Bonchev–Trinajstić information content (AvgIpc) is 3.25. The van der Waals surface area contributed by atoms with Gasteiger partial charge in [0.1, 0.15) is 11.4 Å². The number of nitrogens with one attached hydrogen (secondary N) is 2. The lowest BCUT2D eigenvalue weighted by molar-refractivity contribution is -0.136. The van der Waals surface area contributed by atoms with E-state index >= 15 is 0 Å². The number of rotatable bonds is 4. The molecule has 1 aliphatic heterocycles. The van der Waals surface area contributed by atoms with Gasteiger partial charge in [-0.3, -0.25) is 9.69 Å². The van der Waals surface area contributed by atoms with Crippen molar-refractivity contribution in [1.82, 2.24) is 25.1 Å². The van der Waals surface area contributed by atoms with Crippen LogP contribution in [0.3, 0.4) is 0 Å². The van der Waals surface area contributed by atoms with Gasteiger partial charge in [0.25, 0.3) is 0 Å². The Hall–Kier alpha value is -2.61. The molecule has 1 aromatic carbocycles. The van der Waals surface area contributed by atoms with Gasteiger partial charge in [0.05, 0.1) is 17.6 Å². The largest absolute Gasteiger partial charge is 0.352 e. The Labute approximate surface area is 145 Å². The number of hydrogen-bond acceptors (Lipinski definition) is 4. The van der Waals surface area contributed by atoms with Gasteiger partial charge in [-0.25, -0.2) is 9.78 Å². The third-order valence-corrected chi connectivity index (χ3v) is 4.99. The number of benzene rings is 1. The highest BCUT2D eigenvalue weighted by atomic mass is 16.2. The van der Waals surface area contributed by atoms with Gasteiger partial charge in [-0.2, -0.15) is 0 Å². The van der Waals surface area contributed by atoms with Crippen molar-refractivity contribution < 1.29 is 9.59 Å². The summed E-state index contributed by atoms with van der Waals surface area (Å²) in [6.45, 7) is 3.62. The van der Waals surface area contributed by atoms with Crippen LogP contribution in [-0.2, 0) is 11.3 Å². The second-order valence-electron chi connectivity index (χ2n) is 6.84. The van der Waals surface area contributed by atoms with Gasteiger partial charge >= 0.3 is 6.03 Å². The molecule has 1 aliphatic carbocycles. The van der Waals surface area contributed by atoms with E-state index in [1.807, 2.05) is 29.2 Å². The maximum absolute atomic E-state index is 12.6. The van der Waals surface area contributed by atoms with Gasteiger partial charge in [0, 0.05) is 26.2 Å². The summed E-state index contributed by atoms with van der Waals surface area (Å²) in [5, 5.41) is 2.61. The second-order valence-corrected chi connectivity index (χ2v) is 6.84. The summed E-state index contributed by atoms with van der Waals surface area (Å²) in [4.78, 5) is 35.8. The number of nitrogens with two attached hydrogens (primary N) is 1. The number of carbonyl (C=O) groups excluding carboxylic acids is 2. The minimum atomic E-state index is -0.743. The van der Waals surface area contributed by atoms with Crippen molar-refractivity contribution in [3.05, 3.63) is 30.1 Å². The van der Waals surface area contributed by atoms with Crippen LogP contribution >= 0.6 is 0 Å². The van der Waals surface area contributed by atoms with Gasteiger partial charge in [-0.15, -0.1) is 0 Å². The van der Waals surface area contributed by atoms with Crippen molar-refractivity contribution in [3.8, 4) is 0 Å². The van der Waals surface area contributed by atoms with E-state index in [9.17, 15) is 9.59 Å². The number of nitrogens with zero attached hydrogens (tertiary/aromatic N) is 3. The Kier molecular flexibility index (Phi) is 3.84. The van der Waals surface area contributed by atoms with Crippen LogP contribution in [0.4, 0.5) is 4.79 Å². The number of carbonyl (C=O) groups is 2. The molecule has 2 aromatic rings. The number of aromatic nitrogens is 2. The fourth-order valence-corrected chi connectivity index (χ4v) is 3.46. The van der Waals surface area contributed by atoms with Crippen molar-refractivity contribution in [3.63, 3.8) is 0 Å². The van der Waals surface area contributed by atoms with E-state index in [1.165, 1.54) is 0 Å².